The molecule has 2 aromatic heterocycles. The highest BCUT2D eigenvalue weighted by molar-refractivity contribution is 6.35. The van der Waals surface area contributed by atoms with Crippen LogP contribution >= 0.6 is 23.2 Å². The van der Waals surface area contributed by atoms with Gasteiger partial charge in [0, 0.05) is 88.1 Å². The quantitative estimate of drug-likeness (QED) is 0.349. The van der Waals surface area contributed by atoms with Crippen molar-refractivity contribution in [3.05, 3.63) is 58.3 Å². The van der Waals surface area contributed by atoms with Crippen molar-refractivity contribution in [1.29, 1.82) is 0 Å². The number of anilines is 1. The molecule has 1 atom stereocenters. The summed E-state index contributed by atoms with van der Waals surface area (Å²) in [6.07, 6.45) is 4.12. The van der Waals surface area contributed by atoms with Gasteiger partial charge in [-0.15, -0.1) is 0 Å². The van der Waals surface area contributed by atoms with Gasteiger partial charge in [-0.05, 0) is 49.6 Å². The first-order valence-electron chi connectivity index (χ1n) is 14.8. The fourth-order valence-corrected chi connectivity index (χ4v) is 5.92. The average molecular weight is 645 g/mol. The minimum atomic E-state index is -0.343. The fourth-order valence-electron chi connectivity index (χ4n) is 5.39. The smallest absolute Gasteiger partial charge is 0.409 e. The standard InChI is InChI=1S/C31H39Cl2N7O4/c1-21(41)19-39-8-10-40(11-9-39)30-34-17-27(18-35-30)43-29-13-22(12-28(36-29)23-14-24(32)16-25(33)15-23)20-38-6-4-26(5-7-38)44-31(42)37(2)3/h12-18,21,26,41H,4-11,19-20H2,1-3H3. The fraction of sp³-hybridized carbons (Fsp3) is 0.484. The molecular formula is C31H39Cl2N7O4. The Kier molecular flexibility index (Phi) is 10.8. The molecule has 11 nitrogen and oxygen atoms in total. The van der Waals surface area contributed by atoms with Crippen LogP contribution in [-0.2, 0) is 11.3 Å². The van der Waals surface area contributed by atoms with Gasteiger partial charge in [-0.2, -0.15) is 0 Å². The number of piperazine rings is 1. The number of hydrogen-bond acceptors (Lipinski definition) is 10. The summed E-state index contributed by atoms with van der Waals surface area (Å²) in [4.78, 5) is 34.0. The molecule has 236 valence electrons. The lowest BCUT2D eigenvalue weighted by atomic mass is 10.1. The van der Waals surface area contributed by atoms with Crippen molar-refractivity contribution in [1.82, 2.24) is 29.7 Å². The molecule has 0 bridgehead atoms. The third-order valence-corrected chi connectivity index (χ3v) is 8.04. The Morgan fingerprint density at radius 1 is 0.977 bits per heavy atom. The molecule has 2 aliphatic rings. The summed E-state index contributed by atoms with van der Waals surface area (Å²) in [7, 11) is 3.38. The van der Waals surface area contributed by atoms with Gasteiger partial charge < -0.3 is 24.4 Å². The molecule has 0 aliphatic carbocycles. The maximum Gasteiger partial charge on any atom is 0.409 e. The number of likely N-dealkylation sites (tertiary alicyclic amines) is 1. The van der Waals surface area contributed by atoms with E-state index in [2.05, 4.69) is 24.7 Å². The minimum Gasteiger partial charge on any atom is -0.446 e. The molecule has 0 spiro atoms. The molecule has 2 fully saturated rings. The molecule has 13 heteroatoms. The summed E-state index contributed by atoms with van der Waals surface area (Å²) < 4.78 is 11.8. The molecular weight excluding hydrogens is 605 g/mol. The lowest BCUT2D eigenvalue weighted by Gasteiger charge is -2.35. The number of carbonyl (C=O) groups is 1. The number of piperidine rings is 1. The van der Waals surface area contributed by atoms with E-state index in [1.807, 2.05) is 31.2 Å². The Hall–Kier alpha value is -3.22. The summed E-state index contributed by atoms with van der Waals surface area (Å²) >= 11 is 12.6. The van der Waals surface area contributed by atoms with Gasteiger partial charge in [-0.25, -0.2) is 19.7 Å². The van der Waals surface area contributed by atoms with Crippen LogP contribution in [0.15, 0.2) is 42.7 Å². The van der Waals surface area contributed by atoms with Crippen molar-refractivity contribution in [3.8, 4) is 22.9 Å². The van der Waals surface area contributed by atoms with Gasteiger partial charge in [0.2, 0.25) is 11.8 Å². The molecule has 1 unspecified atom stereocenters. The third-order valence-electron chi connectivity index (χ3n) is 7.61. The summed E-state index contributed by atoms with van der Waals surface area (Å²) in [6.45, 7) is 8.01. The van der Waals surface area contributed by atoms with Crippen molar-refractivity contribution in [2.45, 2.75) is 38.5 Å². The van der Waals surface area contributed by atoms with Crippen LogP contribution < -0.4 is 9.64 Å². The van der Waals surface area contributed by atoms with Gasteiger partial charge in [-0.3, -0.25) is 9.80 Å². The van der Waals surface area contributed by atoms with Crippen LogP contribution in [0.5, 0.6) is 11.6 Å². The van der Waals surface area contributed by atoms with E-state index in [9.17, 15) is 9.90 Å². The molecule has 2 saturated heterocycles. The van der Waals surface area contributed by atoms with Crippen molar-refractivity contribution in [2.75, 3.05) is 64.8 Å². The van der Waals surface area contributed by atoms with Crippen LogP contribution in [0, 0.1) is 0 Å². The summed E-state index contributed by atoms with van der Waals surface area (Å²) in [5.74, 6) is 1.53. The Morgan fingerprint density at radius 2 is 1.64 bits per heavy atom. The number of ether oxygens (including phenoxy) is 2. The monoisotopic (exact) mass is 643 g/mol. The number of β-amino-alcohol motifs (C(OH)–C–C–N with tert-alkyl or cyclic N) is 1. The number of halogens is 2. The predicted molar refractivity (Wildman–Crippen MR) is 171 cm³/mol. The first kappa shape index (κ1) is 32.2. The van der Waals surface area contributed by atoms with Crippen LogP contribution in [0.1, 0.15) is 25.3 Å². The Labute approximate surface area is 268 Å². The number of hydrogen-bond donors (Lipinski definition) is 1. The van der Waals surface area contributed by atoms with Crippen molar-refractivity contribution < 1.29 is 19.4 Å². The number of benzene rings is 1. The van der Waals surface area contributed by atoms with E-state index in [0.717, 1.165) is 63.2 Å². The lowest BCUT2D eigenvalue weighted by molar-refractivity contribution is 0.0343. The molecule has 0 saturated carbocycles. The normalized spacial score (nSPS) is 17.4. The van der Waals surface area contributed by atoms with Gasteiger partial charge in [0.05, 0.1) is 24.2 Å². The second-order valence-corrected chi connectivity index (χ2v) is 12.4. The summed E-state index contributed by atoms with van der Waals surface area (Å²) in [5.41, 5.74) is 2.48. The largest absolute Gasteiger partial charge is 0.446 e. The van der Waals surface area contributed by atoms with Crippen LogP contribution in [0.3, 0.4) is 0 Å². The zero-order chi connectivity index (χ0) is 31.2. The second kappa shape index (κ2) is 14.7. The zero-order valence-corrected chi connectivity index (χ0v) is 26.8. The van der Waals surface area contributed by atoms with E-state index in [-0.39, 0.29) is 18.3 Å². The van der Waals surface area contributed by atoms with Crippen molar-refractivity contribution >= 4 is 35.2 Å². The first-order chi connectivity index (χ1) is 21.1. The van der Waals surface area contributed by atoms with E-state index in [0.29, 0.717) is 46.4 Å². The van der Waals surface area contributed by atoms with E-state index in [4.69, 9.17) is 37.7 Å². The Balaban J connectivity index is 1.29. The molecule has 1 aromatic carbocycles. The van der Waals surface area contributed by atoms with Gasteiger partial charge in [0.25, 0.3) is 0 Å². The van der Waals surface area contributed by atoms with Gasteiger partial charge in [-0.1, -0.05) is 23.2 Å². The number of rotatable bonds is 9. The molecule has 1 amide bonds. The minimum absolute atomic E-state index is 0.0854. The van der Waals surface area contributed by atoms with Gasteiger partial charge in [0.15, 0.2) is 5.75 Å². The molecule has 44 heavy (non-hydrogen) atoms. The number of aliphatic hydroxyl groups excluding tert-OH is 1. The third kappa shape index (κ3) is 8.92. The van der Waals surface area contributed by atoms with Gasteiger partial charge >= 0.3 is 6.09 Å². The zero-order valence-electron chi connectivity index (χ0n) is 25.3. The number of amides is 1. The Morgan fingerprint density at radius 3 is 2.25 bits per heavy atom. The van der Waals surface area contributed by atoms with E-state index in [1.165, 1.54) is 4.90 Å². The van der Waals surface area contributed by atoms with E-state index < -0.39 is 0 Å². The van der Waals surface area contributed by atoms with Crippen molar-refractivity contribution in [2.24, 2.45) is 0 Å². The maximum atomic E-state index is 12.0. The number of aromatic nitrogens is 3. The molecule has 1 N–H and O–H groups in total. The first-order valence-corrected chi connectivity index (χ1v) is 15.6. The number of pyridine rings is 1. The second-order valence-electron chi connectivity index (χ2n) is 11.6. The highest BCUT2D eigenvalue weighted by Crippen LogP contribution is 2.31. The molecule has 3 aromatic rings. The summed E-state index contributed by atoms with van der Waals surface area (Å²) in [6, 6.07) is 9.28. The molecule has 2 aliphatic heterocycles. The van der Waals surface area contributed by atoms with Crippen molar-refractivity contribution in [3.63, 3.8) is 0 Å². The number of aliphatic hydroxyl groups is 1. The van der Waals surface area contributed by atoms with Crippen LogP contribution in [0.25, 0.3) is 11.3 Å². The average Bonchev–Trinajstić information content (AvgIpc) is 2.98. The lowest BCUT2D eigenvalue weighted by Crippen LogP contribution is -2.48. The predicted octanol–water partition coefficient (Wildman–Crippen LogP) is 4.80. The van der Waals surface area contributed by atoms with Crippen LogP contribution in [-0.4, -0.2) is 113 Å². The van der Waals surface area contributed by atoms with E-state index in [1.54, 1.807) is 32.6 Å². The summed E-state index contributed by atoms with van der Waals surface area (Å²) in [5, 5.41) is 10.7. The molecule has 4 heterocycles. The topological polar surface area (TPSA) is 107 Å². The molecule has 0 radical (unpaired) electrons. The van der Waals surface area contributed by atoms with Crippen LogP contribution in [0.4, 0.5) is 10.7 Å². The Bertz CT molecular complexity index is 1390. The number of carbonyl (C=O) groups excluding carboxylic acids is 1. The highest BCUT2D eigenvalue weighted by atomic mass is 35.5. The highest BCUT2D eigenvalue weighted by Gasteiger charge is 2.24. The van der Waals surface area contributed by atoms with E-state index >= 15 is 0 Å². The van der Waals surface area contributed by atoms with Crippen LogP contribution in [0.2, 0.25) is 10.0 Å². The number of nitrogens with zero attached hydrogens (tertiary/aromatic N) is 7. The molecule has 5 rings (SSSR count). The maximum absolute atomic E-state index is 12.0. The SMILES string of the molecule is CC(O)CN1CCN(c2ncc(Oc3cc(CN4CCC(OC(=O)N(C)C)CC4)cc(-c4cc(Cl)cc(Cl)c4)n3)cn2)CC1. The van der Waals surface area contributed by atoms with Gasteiger partial charge in [0.1, 0.15) is 6.10 Å².